The minimum absolute atomic E-state index is 0.100. The highest BCUT2D eigenvalue weighted by Gasteiger charge is 2.23. The van der Waals surface area contributed by atoms with Gasteiger partial charge in [0, 0.05) is 67.2 Å². The van der Waals surface area contributed by atoms with Crippen LogP contribution in [0.1, 0.15) is 16.8 Å². The standard InChI is InChI=1S/C30H34FN5O2/c1-34(2)13-14-35-11-6-12-36(16-15-35)30(37)25-17-21(9-10-27(25)31)22-18-24-26(20-33-29(24)32-19-22)23-7-4-5-8-28(23)38-3/h4-5,7-10,17-20H,6,11-16H2,1-3H3,(H,32,33). The summed E-state index contributed by atoms with van der Waals surface area (Å²) in [6.07, 6.45) is 4.54. The summed E-state index contributed by atoms with van der Waals surface area (Å²) in [5.74, 6) is 0.00764. The molecular formula is C30H34FN5O2. The van der Waals surface area contributed by atoms with E-state index in [2.05, 4.69) is 33.9 Å². The summed E-state index contributed by atoms with van der Waals surface area (Å²) in [7, 11) is 5.78. The Balaban J connectivity index is 1.41. The number of hydrogen-bond donors (Lipinski definition) is 1. The lowest BCUT2D eigenvalue weighted by atomic mass is 10.00. The molecule has 1 saturated heterocycles. The van der Waals surface area contributed by atoms with Crippen LogP contribution in [-0.2, 0) is 0 Å². The number of methoxy groups -OCH3 is 1. The van der Waals surface area contributed by atoms with Crippen molar-refractivity contribution in [2.75, 3.05) is 60.5 Å². The molecule has 1 aliphatic heterocycles. The summed E-state index contributed by atoms with van der Waals surface area (Å²) in [5, 5.41) is 0.925. The molecule has 0 unspecified atom stereocenters. The number of aromatic amines is 1. The lowest BCUT2D eigenvalue weighted by Gasteiger charge is -2.23. The van der Waals surface area contributed by atoms with E-state index in [0.717, 1.165) is 71.6 Å². The second-order valence-electron chi connectivity index (χ2n) is 10.0. The Hall–Kier alpha value is -3.75. The molecule has 0 aliphatic carbocycles. The van der Waals surface area contributed by atoms with E-state index in [1.807, 2.05) is 36.5 Å². The van der Waals surface area contributed by atoms with Gasteiger partial charge in [-0.1, -0.05) is 24.3 Å². The smallest absolute Gasteiger partial charge is 0.256 e. The van der Waals surface area contributed by atoms with E-state index >= 15 is 0 Å². The van der Waals surface area contributed by atoms with E-state index in [1.54, 1.807) is 30.3 Å². The number of aromatic nitrogens is 2. The van der Waals surface area contributed by atoms with Crippen molar-refractivity contribution in [2.24, 2.45) is 0 Å². The number of pyridine rings is 1. The number of amides is 1. The lowest BCUT2D eigenvalue weighted by molar-refractivity contribution is 0.0756. The van der Waals surface area contributed by atoms with Crippen molar-refractivity contribution in [3.63, 3.8) is 0 Å². The minimum Gasteiger partial charge on any atom is -0.496 e. The fourth-order valence-corrected chi connectivity index (χ4v) is 5.03. The summed E-state index contributed by atoms with van der Waals surface area (Å²) < 4.78 is 20.5. The minimum atomic E-state index is -0.502. The third-order valence-electron chi connectivity index (χ3n) is 7.20. The van der Waals surface area contributed by atoms with Crippen LogP contribution in [0.25, 0.3) is 33.3 Å². The second kappa shape index (κ2) is 11.3. The van der Waals surface area contributed by atoms with Gasteiger partial charge in [0.05, 0.1) is 12.7 Å². The van der Waals surface area contributed by atoms with E-state index < -0.39 is 5.82 Å². The normalized spacial score (nSPS) is 14.7. The van der Waals surface area contributed by atoms with Crippen molar-refractivity contribution < 1.29 is 13.9 Å². The fraction of sp³-hybridized carbons (Fsp3) is 0.333. The SMILES string of the molecule is COc1ccccc1-c1c[nH]c2ncc(-c3ccc(F)c(C(=O)N4CCCN(CCN(C)C)CC4)c3)cc12. The molecular weight excluding hydrogens is 481 g/mol. The molecule has 2 aromatic carbocycles. The number of carbonyl (C=O) groups excluding carboxylic acids is 1. The number of ether oxygens (including phenoxy) is 1. The first-order valence-corrected chi connectivity index (χ1v) is 13.0. The predicted molar refractivity (Wildman–Crippen MR) is 149 cm³/mol. The Morgan fingerprint density at radius 3 is 2.71 bits per heavy atom. The highest BCUT2D eigenvalue weighted by molar-refractivity contribution is 5.98. The lowest BCUT2D eigenvalue weighted by Crippen LogP contribution is -2.37. The first kappa shape index (κ1) is 25.9. The van der Waals surface area contributed by atoms with Crippen LogP contribution in [0.4, 0.5) is 4.39 Å². The van der Waals surface area contributed by atoms with E-state index in [4.69, 9.17) is 4.74 Å². The molecule has 2 aromatic heterocycles. The van der Waals surface area contributed by atoms with Crippen LogP contribution in [0, 0.1) is 5.82 Å². The number of nitrogens with one attached hydrogen (secondary N) is 1. The van der Waals surface area contributed by atoms with E-state index in [-0.39, 0.29) is 11.5 Å². The predicted octanol–water partition coefficient (Wildman–Crippen LogP) is 4.75. The van der Waals surface area contributed by atoms with Crippen LogP contribution >= 0.6 is 0 Å². The molecule has 3 heterocycles. The number of likely N-dealkylation sites (N-methyl/N-ethyl adjacent to an activating group) is 1. The average Bonchev–Trinajstić information content (AvgIpc) is 3.20. The molecule has 0 saturated carbocycles. The quantitative estimate of drug-likeness (QED) is 0.385. The number of fused-ring (bicyclic) bond motifs is 1. The van der Waals surface area contributed by atoms with Crippen LogP contribution < -0.4 is 4.74 Å². The zero-order chi connectivity index (χ0) is 26.6. The molecule has 198 valence electrons. The molecule has 0 radical (unpaired) electrons. The summed E-state index contributed by atoms with van der Waals surface area (Å²) in [5.41, 5.74) is 4.33. The number of H-pyrrole nitrogens is 1. The Morgan fingerprint density at radius 2 is 1.89 bits per heavy atom. The number of halogens is 1. The van der Waals surface area contributed by atoms with E-state index in [9.17, 15) is 9.18 Å². The van der Waals surface area contributed by atoms with Crippen molar-refractivity contribution in [1.29, 1.82) is 0 Å². The molecule has 5 rings (SSSR count). The summed E-state index contributed by atoms with van der Waals surface area (Å²) in [4.78, 5) is 27.6. The van der Waals surface area contributed by atoms with Gasteiger partial charge in [0.2, 0.25) is 0 Å². The monoisotopic (exact) mass is 515 g/mol. The van der Waals surface area contributed by atoms with E-state index in [1.165, 1.54) is 6.07 Å². The highest BCUT2D eigenvalue weighted by Crippen LogP contribution is 2.36. The zero-order valence-corrected chi connectivity index (χ0v) is 22.2. The maximum Gasteiger partial charge on any atom is 0.256 e. The number of carbonyl (C=O) groups is 1. The summed E-state index contributed by atoms with van der Waals surface area (Å²) in [6, 6.07) is 14.6. The van der Waals surface area contributed by atoms with Gasteiger partial charge in [0.15, 0.2) is 0 Å². The van der Waals surface area contributed by atoms with Gasteiger partial charge >= 0.3 is 0 Å². The molecule has 8 heteroatoms. The first-order valence-electron chi connectivity index (χ1n) is 13.0. The Kier molecular flexibility index (Phi) is 7.72. The maximum atomic E-state index is 15.0. The Morgan fingerprint density at radius 1 is 1.05 bits per heavy atom. The van der Waals surface area contributed by atoms with E-state index in [0.29, 0.717) is 13.1 Å². The van der Waals surface area contributed by atoms with Gasteiger partial charge in [-0.3, -0.25) is 4.79 Å². The van der Waals surface area contributed by atoms with Gasteiger partial charge in [-0.2, -0.15) is 0 Å². The van der Waals surface area contributed by atoms with Crippen LogP contribution in [0.3, 0.4) is 0 Å². The largest absolute Gasteiger partial charge is 0.496 e. The van der Waals surface area contributed by atoms with Gasteiger partial charge in [0.1, 0.15) is 17.2 Å². The molecule has 0 atom stereocenters. The number of hydrogen-bond acceptors (Lipinski definition) is 5. The Labute approximate surface area is 222 Å². The second-order valence-corrected chi connectivity index (χ2v) is 10.0. The molecule has 0 bridgehead atoms. The zero-order valence-electron chi connectivity index (χ0n) is 22.2. The van der Waals surface area contributed by atoms with Gasteiger partial charge in [-0.25, -0.2) is 9.37 Å². The number of rotatable bonds is 7. The van der Waals surface area contributed by atoms with Crippen molar-refractivity contribution >= 4 is 16.9 Å². The van der Waals surface area contributed by atoms with Crippen LogP contribution in [0.15, 0.2) is 60.9 Å². The fourth-order valence-electron chi connectivity index (χ4n) is 5.03. The molecule has 0 spiro atoms. The maximum absolute atomic E-state index is 15.0. The molecule has 1 N–H and O–H groups in total. The van der Waals surface area contributed by atoms with Crippen molar-refractivity contribution in [3.05, 3.63) is 72.3 Å². The number of nitrogens with zero attached hydrogens (tertiary/aromatic N) is 4. The summed E-state index contributed by atoms with van der Waals surface area (Å²) >= 11 is 0. The van der Waals surface area contributed by atoms with Crippen molar-refractivity contribution in [2.45, 2.75) is 6.42 Å². The first-order chi connectivity index (χ1) is 18.4. The van der Waals surface area contributed by atoms with Crippen molar-refractivity contribution in [1.82, 2.24) is 24.7 Å². The van der Waals surface area contributed by atoms with Crippen LogP contribution in [0.2, 0.25) is 0 Å². The topological polar surface area (TPSA) is 64.7 Å². The molecule has 1 aliphatic rings. The number of para-hydroxylation sites is 1. The molecule has 1 amide bonds. The molecule has 7 nitrogen and oxygen atoms in total. The third-order valence-corrected chi connectivity index (χ3v) is 7.20. The summed E-state index contributed by atoms with van der Waals surface area (Å²) in [6.45, 7) is 4.89. The molecule has 1 fully saturated rings. The third kappa shape index (κ3) is 5.42. The highest BCUT2D eigenvalue weighted by atomic mass is 19.1. The number of benzene rings is 2. The van der Waals surface area contributed by atoms with Crippen molar-refractivity contribution in [3.8, 4) is 28.0 Å². The van der Waals surface area contributed by atoms with Gasteiger partial charge in [-0.05, 0) is 56.9 Å². The van der Waals surface area contributed by atoms with Crippen LogP contribution in [0.5, 0.6) is 5.75 Å². The van der Waals surface area contributed by atoms with Gasteiger partial charge in [-0.15, -0.1) is 0 Å². The van der Waals surface area contributed by atoms with Crippen LogP contribution in [-0.4, -0.2) is 91.0 Å². The van der Waals surface area contributed by atoms with Gasteiger partial charge in [0.25, 0.3) is 5.91 Å². The molecule has 4 aromatic rings. The average molecular weight is 516 g/mol. The van der Waals surface area contributed by atoms with Gasteiger partial charge < -0.3 is 24.4 Å². The molecule has 38 heavy (non-hydrogen) atoms. The Bertz CT molecular complexity index is 1430.